The molecule has 0 saturated carbocycles. The molecule has 1 heterocycles. The van der Waals surface area contributed by atoms with Crippen molar-refractivity contribution in [3.63, 3.8) is 0 Å². The number of hydrogen-bond donors (Lipinski definition) is 0. The standard InChI is InChI=1S/C8H12N2O2/c1-5-7(8(11)10(3)4)9-6(2)12-5/h1-4H3. The number of aryl methyl sites for hydroxylation is 2. The van der Waals surface area contributed by atoms with Gasteiger partial charge in [-0.3, -0.25) is 4.79 Å². The van der Waals surface area contributed by atoms with Gasteiger partial charge in [-0.05, 0) is 6.92 Å². The molecule has 1 aromatic rings. The summed E-state index contributed by atoms with van der Waals surface area (Å²) in [5.41, 5.74) is 0.400. The molecule has 4 heteroatoms. The number of carbonyl (C=O) groups excluding carboxylic acids is 1. The fourth-order valence-electron chi connectivity index (χ4n) is 0.939. The van der Waals surface area contributed by atoms with E-state index in [0.29, 0.717) is 17.3 Å². The molecule has 0 saturated heterocycles. The van der Waals surface area contributed by atoms with Crippen molar-refractivity contribution in [2.45, 2.75) is 13.8 Å². The summed E-state index contributed by atoms with van der Waals surface area (Å²) >= 11 is 0. The highest BCUT2D eigenvalue weighted by Gasteiger charge is 2.16. The maximum atomic E-state index is 11.4. The van der Waals surface area contributed by atoms with E-state index in [0.717, 1.165) is 0 Å². The minimum Gasteiger partial charge on any atom is -0.445 e. The van der Waals surface area contributed by atoms with Crippen LogP contribution < -0.4 is 0 Å². The van der Waals surface area contributed by atoms with Crippen molar-refractivity contribution >= 4 is 5.91 Å². The first-order chi connectivity index (χ1) is 5.52. The summed E-state index contributed by atoms with van der Waals surface area (Å²) in [6, 6.07) is 0. The van der Waals surface area contributed by atoms with Crippen LogP contribution in [0.2, 0.25) is 0 Å². The van der Waals surface area contributed by atoms with Crippen molar-refractivity contribution in [2.75, 3.05) is 14.1 Å². The number of nitrogens with zero attached hydrogens (tertiary/aromatic N) is 2. The molecule has 0 aliphatic carbocycles. The fourth-order valence-corrected chi connectivity index (χ4v) is 0.939. The minimum absolute atomic E-state index is 0.121. The molecule has 66 valence electrons. The topological polar surface area (TPSA) is 46.3 Å². The zero-order chi connectivity index (χ0) is 9.30. The molecule has 1 rings (SSSR count). The molecule has 4 nitrogen and oxygen atoms in total. The van der Waals surface area contributed by atoms with Crippen LogP contribution in [-0.4, -0.2) is 29.9 Å². The van der Waals surface area contributed by atoms with Crippen molar-refractivity contribution in [3.8, 4) is 0 Å². The molecule has 0 atom stereocenters. The molecule has 0 radical (unpaired) electrons. The van der Waals surface area contributed by atoms with E-state index in [2.05, 4.69) is 4.98 Å². The van der Waals surface area contributed by atoms with Crippen LogP contribution in [0.25, 0.3) is 0 Å². The monoisotopic (exact) mass is 168 g/mol. The predicted octanol–water partition coefficient (Wildman–Crippen LogP) is 0.993. The molecule has 1 aromatic heterocycles. The van der Waals surface area contributed by atoms with Gasteiger partial charge in [0.05, 0.1) is 0 Å². The average Bonchev–Trinajstić information content (AvgIpc) is 2.28. The van der Waals surface area contributed by atoms with Gasteiger partial charge >= 0.3 is 0 Å². The van der Waals surface area contributed by atoms with Gasteiger partial charge in [0.25, 0.3) is 5.91 Å². The predicted molar refractivity (Wildman–Crippen MR) is 44.0 cm³/mol. The molecule has 1 amide bonds. The Kier molecular flexibility index (Phi) is 2.17. The van der Waals surface area contributed by atoms with Crippen molar-refractivity contribution in [1.29, 1.82) is 0 Å². The average molecular weight is 168 g/mol. The quantitative estimate of drug-likeness (QED) is 0.628. The van der Waals surface area contributed by atoms with Crippen LogP contribution in [0.15, 0.2) is 4.42 Å². The molecule has 0 N–H and O–H groups in total. The van der Waals surface area contributed by atoms with E-state index in [9.17, 15) is 4.79 Å². The highest BCUT2D eigenvalue weighted by molar-refractivity contribution is 5.92. The third kappa shape index (κ3) is 1.47. The Labute approximate surface area is 71.2 Å². The molecular formula is C8H12N2O2. The van der Waals surface area contributed by atoms with E-state index < -0.39 is 0 Å². The Balaban J connectivity index is 3.02. The molecule has 12 heavy (non-hydrogen) atoms. The van der Waals surface area contributed by atoms with Crippen LogP contribution in [0.1, 0.15) is 22.1 Å². The molecule has 0 spiro atoms. The van der Waals surface area contributed by atoms with Crippen LogP contribution in [0.5, 0.6) is 0 Å². The molecule has 0 aliphatic rings. The third-order valence-electron chi connectivity index (χ3n) is 1.51. The smallest absolute Gasteiger partial charge is 0.275 e. The lowest BCUT2D eigenvalue weighted by Crippen LogP contribution is -2.22. The molecule has 0 bridgehead atoms. The number of aromatic nitrogens is 1. The minimum atomic E-state index is -0.121. The second-order valence-electron chi connectivity index (χ2n) is 2.84. The van der Waals surface area contributed by atoms with Gasteiger partial charge in [-0.2, -0.15) is 0 Å². The van der Waals surface area contributed by atoms with E-state index in [1.165, 1.54) is 4.90 Å². The zero-order valence-electron chi connectivity index (χ0n) is 7.71. The van der Waals surface area contributed by atoms with Crippen LogP contribution in [0, 0.1) is 13.8 Å². The third-order valence-corrected chi connectivity index (χ3v) is 1.51. The highest BCUT2D eigenvalue weighted by atomic mass is 16.4. The first kappa shape index (κ1) is 8.77. The lowest BCUT2D eigenvalue weighted by molar-refractivity contribution is 0.0821. The Morgan fingerprint density at radius 2 is 2.00 bits per heavy atom. The fraction of sp³-hybridized carbons (Fsp3) is 0.500. The van der Waals surface area contributed by atoms with Gasteiger partial charge in [-0.1, -0.05) is 0 Å². The van der Waals surface area contributed by atoms with Crippen LogP contribution >= 0.6 is 0 Å². The van der Waals surface area contributed by atoms with Gasteiger partial charge < -0.3 is 9.32 Å². The first-order valence-corrected chi connectivity index (χ1v) is 3.68. The molecular weight excluding hydrogens is 156 g/mol. The summed E-state index contributed by atoms with van der Waals surface area (Å²) in [6.45, 7) is 3.45. The molecule has 0 unspecified atom stereocenters. The van der Waals surface area contributed by atoms with Crippen molar-refractivity contribution < 1.29 is 9.21 Å². The van der Waals surface area contributed by atoms with Gasteiger partial charge in [0.15, 0.2) is 11.6 Å². The SMILES string of the molecule is Cc1nc(C(=O)N(C)C)c(C)o1. The highest BCUT2D eigenvalue weighted by Crippen LogP contribution is 2.09. The van der Waals surface area contributed by atoms with Crippen LogP contribution in [-0.2, 0) is 0 Å². The summed E-state index contributed by atoms with van der Waals surface area (Å²) in [5, 5.41) is 0. The Morgan fingerprint density at radius 1 is 1.42 bits per heavy atom. The zero-order valence-corrected chi connectivity index (χ0v) is 7.71. The largest absolute Gasteiger partial charge is 0.445 e. The van der Waals surface area contributed by atoms with Gasteiger partial charge in [-0.15, -0.1) is 0 Å². The molecule has 0 aromatic carbocycles. The van der Waals surface area contributed by atoms with Crippen molar-refractivity contribution in [2.24, 2.45) is 0 Å². The summed E-state index contributed by atoms with van der Waals surface area (Å²) in [7, 11) is 3.37. The maximum Gasteiger partial charge on any atom is 0.275 e. The van der Waals surface area contributed by atoms with Gasteiger partial charge in [0, 0.05) is 21.0 Å². The Hall–Kier alpha value is -1.32. The van der Waals surface area contributed by atoms with E-state index in [1.807, 2.05) is 0 Å². The normalized spacial score (nSPS) is 10.0. The number of amides is 1. The Bertz CT molecular complexity index is 302. The molecule has 0 fully saturated rings. The summed E-state index contributed by atoms with van der Waals surface area (Å²) in [5.74, 6) is 0.980. The van der Waals surface area contributed by atoms with E-state index in [4.69, 9.17) is 4.42 Å². The first-order valence-electron chi connectivity index (χ1n) is 3.68. The number of hydrogen-bond acceptors (Lipinski definition) is 3. The van der Waals surface area contributed by atoms with Gasteiger partial charge in [0.2, 0.25) is 0 Å². The number of carbonyl (C=O) groups is 1. The van der Waals surface area contributed by atoms with Crippen molar-refractivity contribution in [3.05, 3.63) is 17.3 Å². The second-order valence-corrected chi connectivity index (χ2v) is 2.84. The lowest BCUT2D eigenvalue weighted by atomic mass is 10.3. The summed E-state index contributed by atoms with van der Waals surface area (Å²) in [4.78, 5) is 16.8. The van der Waals surface area contributed by atoms with Crippen molar-refractivity contribution in [1.82, 2.24) is 9.88 Å². The van der Waals surface area contributed by atoms with E-state index >= 15 is 0 Å². The Morgan fingerprint density at radius 3 is 2.33 bits per heavy atom. The van der Waals surface area contributed by atoms with Gasteiger partial charge in [0.1, 0.15) is 5.76 Å². The molecule has 0 aliphatic heterocycles. The maximum absolute atomic E-state index is 11.4. The number of rotatable bonds is 1. The van der Waals surface area contributed by atoms with Gasteiger partial charge in [-0.25, -0.2) is 4.98 Å². The van der Waals surface area contributed by atoms with Crippen LogP contribution in [0.4, 0.5) is 0 Å². The summed E-state index contributed by atoms with van der Waals surface area (Å²) in [6.07, 6.45) is 0. The van der Waals surface area contributed by atoms with Crippen LogP contribution in [0.3, 0.4) is 0 Å². The second kappa shape index (κ2) is 2.97. The number of oxazole rings is 1. The van der Waals surface area contributed by atoms with E-state index in [-0.39, 0.29) is 5.91 Å². The lowest BCUT2D eigenvalue weighted by Gasteiger charge is -2.06. The van der Waals surface area contributed by atoms with E-state index in [1.54, 1.807) is 27.9 Å². The summed E-state index contributed by atoms with van der Waals surface area (Å²) < 4.78 is 5.13.